The van der Waals surface area contributed by atoms with Gasteiger partial charge < -0.3 is 5.73 Å². The van der Waals surface area contributed by atoms with E-state index in [1.807, 2.05) is 6.07 Å². The molecule has 1 saturated heterocycles. The average molecular weight is 233 g/mol. The standard InChI is InChI=1S/C14H23N3/c1-14(2,3)12-5-7-17(10-12)9-11-4-6-16-13(15)8-11/h4,6,8,12H,5,7,9-10H2,1-3H3,(H2,15,16). The Morgan fingerprint density at radius 3 is 2.82 bits per heavy atom. The summed E-state index contributed by atoms with van der Waals surface area (Å²) in [5.74, 6) is 1.43. The number of anilines is 1. The molecule has 3 nitrogen and oxygen atoms in total. The number of pyridine rings is 1. The molecule has 1 aromatic heterocycles. The summed E-state index contributed by atoms with van der Waals surface area (Å²) < 4.78 is 0. The molecular weight excluding hydrogens is 210 g/mol. The Bertz CT molecular complexity index is 381. The molecule has 0 radical (unpaired) electrons. The smallest absolute Gasteiger partial charge is 0.123 e. The van der Waals surface area contributed by atoms with Crippen LogP contribution in [0.3, 0.4) is 0 Å². The molecule has 94 valence electrons. The third-order valence-corrected chi connectivity index (χ3v) is 3.75. The lowest BCUT2D eigenvalue weighted by molar-refractivity contribution is 0.226. The van der Waals surface area contributed by atoms with E-state index in [0.717, 1.165) is 12.5 Å². The molecule has 0 bridgehead atoms. The van der Waals surface area contributed by atoms with Crippen molar-refractivity contribution in [3.8, 4) is 0 Å². The van der Waals surface area contributed by atoms with Crippen LogP contribution in [0.15, 0.2) is 18.3 Å². The second-order valence-corrected chi connectivity index (χ2v) is 6.18. The van der Waals surface area contributed by atoms with Crippen molar-refractivity contribution >= 4 is 5.82 Å². The largest absolute Gasteiger partial charge is 0.384 e. The van der Waals surface area contributed by atoms with E-state index in [0.29, 0.717) is 11.2 Å². The second-order valence-electron chi connectivity index (χ2n) is 6.18. The van der Waals surface area contributed by atoms with E-state index >= 15 is 0 Å². The number of nitrogens with zero attached hydrogens (tertiary/aromatic N) is 2. The lowest BCUT2D eigenvalue weighted by atomic mass is 9.80. The quantitative estimate of drug-likeness (QED) is 0.853. The number of likely N-dealkylation sites (tertiary alicyclic amines) is 1. The molecule has 0 amide bonds. The molecule has 2 heterocycles. The molecule has 1 unspecified atom stereocenters. The molecule has 1 aliphatic rings. The van der Waals surface area contributed by atoms with Crippen molar-refractivity contribution in [2.45, 2.75) is 33.7 Å². The molecule has 3 heteroatoms. The zero-order valence-corrected chi connectivity index (χ0v) is 11.1. The van der Waals surface area contributed by atoms with E-state index in [-0.39, 0.29) is 0 Å². The van der Waals surface area contributed by atoms with Gasteiger partial charge in [-0.2, -0.15) is 0 Å². The van der Waals surface area contributed by atoms with Crippen molar-refractivity contribution < 1.29 is 0 Å². The van der Waals surface area contributed by atoms with Crippen LogP contribution >= 0.6 is 0 Å². The fourth-order valence-corrected chi connectivity index (χ4v) is 2.53. The summed E-state index contributed by atoms with van der Waals surface area (Å²) in [5, 5.41) is 0. The minimum absolute atomic E-state index is 0.423. The fraction of sp³-hybridized carbons (Fsp3) is 0.643. The summed E-state index contributed by atoms with van der Waals surface area (Å²) in [5.41, 5.74) is 7.39. The van der Waals surface area contributed by atoms with E-state index in [1.54, 1.807) is 6.20 Å². The highest BCUT2D eigenvalue weighted by molar-refractivity contribution is 5.31. The van der Waals surface area contributed by atoms with Gasteiger partial charge in [-0.15, -0.1) is 0 Å². The minimum atomic E-state index is 0.423. The number of nitrogen functional groups attached to an aromatic ring is 1. The third-order valence-electron chi connectivity index (χ3n) is 3.75. The van der Waals surface area contributed by atoms with Crippen molar-refractivity contribution in [2.75, 3.05) is 18.8 Å². The Labute approximate surface area is 104 Å². The van der Waals surface area contributed by atoms with Crippen LogP contribution in [0.5, 0.6) is 0 Å². The normalized spacial score (nSPS) is 21.9. The Morgan fingerprint density at radius 2 is 2.24 bits per heavy atom. The predicted octanol–water partition coefficient (Wildman–Crippen LogP) is 2.53. The number of rotatable bonds is 2. The van der Waals surface area contributed by atoms with Crippen molar-refractivity contribution in [1.29, 1.82) is 0 Å². The molecular formula is C14H23N3. The Balaban J connectivity index is 1.94. The summed E-state index contributed by atoms with van der Waals surface area (Å²) in [6, 6.07) is 4.03. The van der Waals surface area contributed by atoms with Gasteiger partial charge in [0, 0.05) is 19.3 Å². The lowest BCUT2D eigenvalue weighted by Crippen LogP contribution is -2.25. The zero-order chi connectivity index (χ0) is 12.5. The highest BCUT2D eigenvalue weighted by Gasteiger charge is 2.31. The van der Waals surface area contributed by atoms with Gasteiger partial charge in [-0.05, 0) is 42.0 Å². The van der Waals surface area contributed by atoms with Gasteiger partial charge >= 0.3 is 0 Å². The number of hydrogen-bond acceptors (Lipinski definition) is 3. The van der Waals surface area contributed by atoms with Crippen LogP contribution in [0.4, 0.5) is 5.82 Å². The van der Waals surface area contributed by atoms with Crippen LogP contribution in [0, 0.1) is 11.3 Å². The first-order chi connectivity index (χ1) is 7.95. The first-order valence-electron chi connectivity index (χ1n) is 6.38. The summed E-state index contributed by atoms with van der Waals surface area (Å²) in [6.07, 6.45) is 3.10. The van der Waals surface area contributed by atoms with Crippen LogP contribution in [0.1, 0.15) is 32.8 Å². The number of nitrogens with two attached hydrogens (primary N) is 1. The molecule has 2 N–H and O–H groups in total. The molecule has 0 aromatic carbocycles. The molecule has 0 spiro atoms. The van der Waals surface area contributed by atoms with Gasteiger partial charge in [0.15, 0.2) is 0 Å². The van der Waals surface area contributed by atoms with Gasteiger partial charge in [-0.3, -0.25) is 4.90 Å². The predicted molar refractivity (Wildman–Crippen MR) is 71.5 cm³/mol. The van der Waals surface area contributed by atoms with Gasteiger partial charge in [0.1, 0.15) is 5.82 Å². The van der Waals surface area contributed by atoms with Crippen molar-refractivity contribution in [1.82, 2.24) is 9.88 Å². The molecule has 1 atom stereocenters. The van der Waals surface area contributed by atoms with Crippen molar-refractivity contribution in [3.63, 3.8) is 0 Å². The van der Waals surface area contributed by atoms with E-state index in [4.69, 9.17) is 5.73 Å². The molecule has 17 heavy (non-hydrogen) atoms. The summed E-state index contributed by atoms with van der Waals surface area (Å²) in [4.78, 5) is 6.55. The van der Waals surface area contributed by atoms with Crippen LogP contribution < -0.4 is 5.73 Å². The topological polar surface area (TPSA) is 42.2 Å². The first-order valence-corrected chi connectivity index (χ1v) is 6.38. The molecule has 2 rings (SSSR count). The van der Waals surface area contributed by atoms with Crippen molar-refractivity contribution in [2.24, 2.45) is 11.3 Å². The van der Waals surface area contributed by atoms with Crippen molar-refractivity contribution in [3.05, 3.63) is 23.9 Å². The van der Waals surface area contributed by atoms with Crippen LogP contribution in [0.25, 0.3) is 0 Å². The minimum Gasteiger partial charge on any atom is -0.384 e. The summed E-state index contributed by atoms with van der Waals surface area (Å²) in [7, 11) is 0. The highest BCUT2D eigenvalue weighted by atomic mass is 15.1. The summed E-state index contributed by atoms with van der Waals surface area (Å²) >= 11 is 0. The highest BCUT2D eigenvalue weighted by Crippen LogP contribution is 2.34. The average Bonchev–Trinajstić information content (AvgIpc) is 2.65. The van der Waals surface area contributed by atoms with Crippen LogP contribution in [-0.4, -0.2) is 23.0 Å². The maximum absolute atomic E-state index is 5.70. The van der Waals surface area contributed by atoms with Crippen LogP contribution in [0.2, 0.25) is 0 Å². The Kier molecular flexibility index (Phi) is 3.38. The van der Waals surface area contributed by atoms with Gasteiger partial charge in [0.05, 0.1) is 0 Å². The maximum Gasteiger partial charge on any atom is 0.123 e. The van der Waals surface area contributed by atoms with Gasteiger partial charge in [0.2, 0.25) is 0 Å². The zero-order valence-electron chi connectivity index (χ0n) is 11.1. The van der Waals surface area contributed by atoms with Crippen LogP contribution in [-0.2, 0) is 6.54 Å². The van der Waals surface area contributed by atoms with Gasteiger partial charge in [0.25, 0.3) is 0 Å². The first kappa shape index (κ1) is 12.4. The Hall–Kier alpha value is -1.09. The van der Waals surface area contributed by atoms with E-state index in [2.05, 4.69) is 36.7 Å². The maximum atomic E-state index is 5.70. The molecule has 1 aromatic rings. The van der Waals surface area contributed by atoms with Gasteiger partial charge in [-0.1, -0.05) is 20.8 Å². The lowest BCUT2D eigenvalue weighted by Gasteiger charge is -2.27. The van der Waals surface area contributed by atoms with Gasteiger partial charge in [-0.25, -0.2) is 4.98 Å². The Morgan fingerprint density at radius 1 is 1.47 bits per heavy atom. The second kappa shape index (κ2) is 4.65. The molecule has 1 fully saturated rings. The molecule has 1 aliphatic heterocycles. The third kappa shape index (κ3) is 3.19. The summed E-state index contributed by atoms with van der Waals surface area (Å²) in [6.45, 7) is 10.4. The fourth-order valence-electron chi connectivity index (χ4n) is 2.53. The number of aromatic nitrogens is 1. The molecule has 0 saturated carbocycles. The van der Waals surface area contributed by atoms with E-state index in [9.17, 15) is 0 Å². The van der Waals surface area contributed by atoms with E-state index in [1.165, 1.54) is 25.1 Å². The SMILES string of the molecule is CC(C)(C)C1CCN(Cc2ccnc(N)c2)C1. The monoisotopic (exact) mass is 233 g/mol. The van der Waals surface area contributed by atoms with E-state index < -0.39 is 0 Å². The molecule has 0 aliphatic carbocycles. The number of hydrogen-bond donors (Lipinski definition) is 1.